The zero-order chi connectivity index (χ0) is 9.99. The van der Waals surface area contributed by atoms with Gasteiger partial charge in [0.15, 0.2) is 0 Å². The van der Waals surface area contributed by atoms with Crippen molar-refractivity contribution in [1.29, 1.82) is 0 Å². The molecule has 0 atom stereocenters. The van der Waals surface area contributed by atoms with Crippen molar-refractivity contribution in [2.24, 2.45) is 0 Å². The monoisotopic (exact) mass is 197 g/mol. The lowest BCUT2D eigenvalue weighted by molar-refractivity contribution is -0.354. The molecule has 0 unspecified atom stereocenters. The van der Waals surface area contributed by atoms with E-state index in [1.165, 1.54) is 0 Å². The first-order valence-electron chi connectivity index (χ1n) is 2.39. The fraction of sp³-hybridized carbons (Fsp3) is 0.500. The number of hydrogen-bond acceptors (Lipinski definition) is 1. The summed E-state index contributed by atoms with van der Waals surface area (Å²) in [5, 5.41) is 0. The zero-order valence-electron chi connectivity index (χ0n) is 5.25. The van der Waals surface area contributed by atoms with Crippen LogP contribution in [0.25, 0.3) is 0 Å². The number of halogens is 7. The Labute approximate surface area is 62.1 Å². The molecule has 0 fully saturated rings. The van der Waals surface area contributed by atoms with Crippen molar-refractivity contribution < 1.29 is 30.7 Å². The van der Waals surface area contributed by atoms with Crippen molar-refractivity contribution in [3.63, 3.8) is 0 Å². The van der Waals surface area contributed by atoms with Crippen LogP contribution in [0, 0.1) is 0 Å². The maximum Gasteiger partial charge on any atom is 0.491 e. The van der Waals surface area contributed by atoms with Gasteiger partial charge in [-0.2, -0.15) is 4.90 Å². The number of nitrogens with zero attached hydrogens (tertiary/aromatic N) is 1. The summed E-state index contributed by atoms with van der Waals surface area (Å²) in [4.78, 5) is -2.00. The molecule has 0 spiro atoms. The van der Waals surface area contributed by atoms with Crippen LogP contribution >= 0.6 is 0 Å². The normalized spacial score (nSPS) is 13.9. The maximum atomic E-state index is 11.4. The first-order chi connectivity index (χ1) is 5.19. The minimum absolute atomic E-state index is 0.750. The molecule has 0 aromatic heterocycles. The Balaban J connectivity index is 4.69. The van der Waals surface area contributed by atoms with Crippen molar-refractivity contribution in [3.05, 3.63) is 12.5 Å². The van der Waals surface area contributed by atoms with Gasteiger partial charge in [0, 0.05) is 6.20 Å². The number of hydrogen-bond donors (Lipinski definition) is 0. The highest BCUT2D eigenvalue weighted by molar-refractivity contribution is 4.78. The minimum Gasteiger partial charge on any atom is -0.214 e. The molecule has 0 aromatic carbocycles. The molecule has 1 nitrogen and oxygen atoms in total. The van der Waals surface area contributed by atoms with Crippen molar-refractivity contribution in [1.82, 2.24) is 4.90 Å². The van der Waals surface area contributed by atoms with Gasteiger partial charge in [0.1, 0.15) is 6.33 Å². The maximum absolute atomic E-state index is 11.4. The highest BCUT2D eigenvalue weighted by Crippen LogP contribution is 2.33. The van der Waals surface area contributed by atoms with Crippen LogP contribution in [-0.2, 0) is 0 Å². The summed E-state index contributed by atoms with van der Waals surface area (Å²) in [5.74, 6) is 0. The predicted octanol–water partition coefficient (Wildman–Crippen LogP) is 2.77. The van der Waals surface area contributed by atoms with E-state index in [9.17, 15) is 30.7 Å². The summed E-state index contributed by atoms with van der Waals surface area (Å²) in [6.07, 6.45) is -12.9. The summed E-state index contributed by atoms with van der Waals surface area (Å²) in [5.41, 5.74) is 0. The molecule has 0 aliphatic heterocycles. The van der Waals surface area contributed by atoms with Crippen molar-refractivity contribution in [2.75, 3.05) is 0 Å². The summed E-state index contributed by atoms with van der Waals surface area (Å²) in [6, 6.07) is 0. The lowest BCUT2D eigenvalue weighted by atomic mass is 10.7. The van der Waals surface area contributed by atoms with E-state index in [2.05, 4.69) is 0 Å². The fourth-order valence-electron chi connectivity index (χ4n) is 0.369. The Kier molecular flexibility index (Phi) is 2.94. The summed E-state index contributed by atoms with van der Waals surface area (Å²) < 4.78 is 79.4. The van der Waals surface area contributed by atoms with E-state index in [1.54, 1.807) is 0 Å². The highest BCUT2D eigenvalue weighted by atomic mass is 19.4. The van der Waals surface area contributed by atoms with Crippen LogP contribution in [0.15, 0.2) is 12.5 Å². The fourth-order valence-corrected chi connectivity index (χ4v) is 0.369. The Morgan fingerprint density at radius 3 is 1.25 bits per heavy atom. The van der Waals surface area contributed by atoms with E-state index in [-0.39, 0.29) is 0 Å². The molecule has 0 aromatic rings. The molecule has 12 heavy (non-hydrogen) atoms. The number of rotatable bonds is 1. The molecule has 0 heterocycles. The van der Waals surface area contributed by atoms with Crippen LogP contribution in [0.5, 0.6) is 0 Å². The molecule has 0 aliphatic rings. The summed E-state index contributed by atoms with van der Waals surface area (Å²) in [6.45, 7) is 0. The van der Waals surface area contributed by atoms with Gasteiger partial charge in [0.05, 0.1) is 0 Å². The third-order valence-corrected chi connectivity index (χ3v) is 0.752. The molecule has 72 valence electrons. The number of alkyl halides is 6. The summed E-state index contributed by atoms with van der Waals surface area (Å²) >= 11 is 0. The van der Waals surface area contributed by atoms with Gasteiger partial charge < -0.3 is 0 Å². The average Bonchev–Trinajstić information content (AvgIpc) is 1.77. The predicted molar refractivity (Wildman–Crippen MR) is 24.2 cm³/mol. The lowest BCUT2D eigenvalue weighted by Crippen LogP contribution is -2.43. The molecular formula is C4H2F7N. The molecule has 0 bridgehead atoms. The van der Waals surface area contributed by atoms with E-state index < -0.39 is 30.0 Å². The van der Waals surface area contributed by atoms with Crippen molar-refractivity contribution in [2.45, 2.75) is 12.6 Å². The Bertz CT molecular complexity index is 151. The highest BCUT2D eigenvalue weighted by Gasteiger charge is 2.51. The standard InChI is InChI=1S/C4H2F7N/c5-1-2-12(3(6,7)8)4(9,10)11/h1-2H/b2-1-. The quantitative estimate of drug-likeness (QED) is 0.461. The molecular weight excluding hydrogens is 195 g/mol. The first-order valence-corrected chi connectivity index (χ1v) is 2.39. The Morgan fingerprint density at radius 2 is 1.17 bits per heavy atom. The van der Waals surface area contributed by atoms with Gasteiger partial charge in [-0.25, -0.2) is 4.39 Å². The second-order valence-electron chi connectivity index (χ2n) is 1.58. The van der Waals surface area contributed by atoms with Crippen molar-refractivity contribution >= 4 is 0 Å². The van der Waals surface area contributed by atoms with E-state index in [4.69, 9.17) is 0 Å². The topological polar surface area (TPSA) is 3.24 Å². The largest absolute Gasteiger partial charge is 0.491 e. The van der Waals surface area contributed by atoms with Gasteiger partial charge in [-0.05, 0) is 0 Å². The third-order valence-electron chi connectivity index (χ3n) is 0.752. The minimum atomic E-state index is -5.67. The van der Waals surface area contributed by atoms with Crippen LogP contribution in [0.3, 0.4) is 0 Å². The second kappa shape index (κ2) is 3.20. The smallest absolute Gasteiger partial charge is 0.214 e. The van der Waals surface area contributed by atoms with Gasteiger partial charge in [0.2, 0.25) is 0 Å². The second-order valence-corrected chi connectivity index (χ2v) is 1.58. The van der Waals surface area contributed by atoms with E-state index in [0.29, 0.717) is 0 Å². The SMILES string of the molecule is F/C=C\N(C(F)(F)F)C(F)(F)F. The van der Waals surface area contributed by atoms with Crippen molar-refractivity contribution in [3.8, 4) is 0 Å². The van der Waals surface area contributed by atoms with Crippen LogP contribution in [0.4, 0.5) is 30.7 Å². The van der Waals surface area contributed by atoms with Crippen LogP contribution in [-0.4, -0.2) is 17.5 Å². The summed E-state index contributed by atoms with van der Waals surface area (Å²) in [7, 11) is 0. The Morgan fingerprint density at radius 1 is 0.833 bits per heavy atom. The van der Waals surface area contributed by atoms with Crippen LogP contribution in [0.1, 0.15) is 0 Å². The third kappa shape index (κ3) is 2.97. The van der Waals surface area contributed by atoms with Crippen LogP contribution < -0.4 is 0 Å². The van der Waals surface area contributed by atoms with Gasteiger partial charge in [0.25, 0.3) is 0 Å². The molecule has 0 radical (unpaired) electrons. The average molecular weight is 197 g/mol. The molecule has 0 rings (SSSR count). The van der Waals surface area contributed by atoms with Crippen LogP contribution in [0.2, 0.25) is 0 Å². The molecule has 0 saturated carbocycles. The van der Waals surface area contributed by atoms with Gasteiger partial charge in [-0.3, -0.25) is 0 Å². The molecule has 0 N–H and O–H groups in total. The zero-order valence-corrected chi connectivity index (χ0v) is 5.25. The molecule has 0 amide bonds. The van der Waals surface area contributed by atoms with E-state index in [0.717, 1.165) is 0 Å². The molecule has 8 heteroatoms. The van der Waals surface area contributed by atoms with E-state index in [1.807, 2.05) is 0 Å². The molecule has 0 aliphatic carbocycles. The van der Waals surface area contributed by atoms with Gasteiger partial charge in [-0.15, -0.1) is 26.3 Å². The van der Waals surface area contributed by atoms with E-state index >= 15 is 0 Å². The molecule has 0 saturated heterocycles. The lowest BCUT2D eigenvalue weighted by Gasteiger charge is -2.24. The van der Waals surface area contributed by atoms with Gasteiger partial charge >= 0.3 is 12.6 Å². The Hall–Kier alpha value is -0.950. The van der Waals surface area contributed by atoms with Gasteiger partial charge in [-0.1, -0.05) is 0 Å². The first kappa shape index (κ1) is 11.0.